The second-order valence-electron chi connectivity index (χ2n) is 5.49. The molecule has 1 fully saturated rings. The van der Waals surface area contributed by atoms with Gasteiger partial charge in [-0.25, -0.2) is 4.79 Å². The minimum absolute atomic E-state index is 0.326. The number of carbonyl (C=O) groups excluding carboxylic acids is 1. The van der Waals surface area contributed by atoms with Crippen LogP contribution in [0.3, 0.4) is 0 Å². The van der Waals surface area contributed by atoms with Gasteiger partial charge in [0.25, 0.3) is 0 Å². The lowest BCUT2D eigenvalue weighted by atomic mass is 9.83. The number of ether oxygens (including phenoxy) is 2. The monoisotopic (exact) mass is 308 g/mol. The summed E-state index contributed by atoms with van der Waals surface area (Å²) in [5.41, 5.74) is 2.39. The molecule has 0 saturated heterocycles. The Kier molecular flexibility index (Phi) is 5.97. The van der Waals surface area contributed by atoms with E-state index in [0.717, 1.165) is 10.5 Å². The van der Waals surface area contributed by atoms with Crippen molar-refractivity contribution in [3.8, 4) is 5.75 Å². The zero-order chi connectivity index (χ0) is 15.2. The molecule has 0 aromatic heterocycles. The van der Waals surface area contributed by atoms with Crippen molar-refractivity contribution in [2.45, 2.75) is 56.8 Å². The third kappa shape index (κ3) is 4.16. The number of rotatable bonds is 4. The minimum atomic E-state index is -0.624. The maximum absolute atomic E-state index is 11.6. The van der Waals surface area contributed by atoms with Crippen molar-refractivity contribution in [2.24, 2.45) is 0 Å². The zero-order valence-corrected chi connectivity index (χ0v) is 13.9. The first-order valence-corrected chi connectivity index (χ1v) is 8.91. The molecule has 1 saturated carbocycles. The maximum atomic E-state index is 11.6. The average molecular weight is 308 g/mol. The van der Waals surface area contributed by atoms with Crippen molar-refractivity contribution in [1.82, 2.24) is 0 Å². The van der Waals surface area contributed by atoms with Crippen molar-refractivity contribution < 1.29 is 14.3 Å². The quantitative estimate of drug-likeness (QED) is 0.429. The van der Waals surface area contributed by atoms with E-state index in [1.165, 1.54) is 37.7 Å². The van der Waals surface area contributed by atoms with Crippen molar-refractivity contribution in [1.29, 1.82) is 0 Å². The lowest BCUT2D eigenvalue weighted by Gasteiger charge is -2.23. The molecule has 1 aromatic carbocycles. The van der Waals surface area contributed by atoms with E-state index < -0.39 is 6.16 Å². The molecule has 0 spiro atoms. The predicted octanol–water partition coefficient (Wildman–Crippen LogP) is 5.30. The van der Waals surface area contributed by atoms with E-state index >= 15 is 0 Å². The number of aryl methyl sites for hydroxylation is 1. The van der Waals surface area contributed by atoms with Crippen molar-refractivity contribution in [3.63, 3.8) is 0 Å². The minimum Gasteiger partial charge on any atom is -0.434 e. The van der Waals surface area contributed by atoms with Gasteiger partial charge in [0.1, 0.15) is 0 Å². The van der Waals surface area contributed by atoms with E-state index in [1.807, 2.05) is 13.2 Å². The summed E-state index contributed by atoms with van der Waals surface area (Å²) in [6, 6.07) is 4.35. The van der Waals surface area contributed by atoms with Gasteiger partial charge in [0.15, 0.2) is 5.75 Å². The average Bonchev–Trinajstić information content (AvgIpc) is 2.50. The Morgan fingerprint density at radius 1 is 1.29 bits per heavy atom. The van der Waals surface area contributed by atoms with Crippen LogP contribution in [0.1, 0.15) is 56.1 Å². The lowest BCUT2D eigenvalue weighted by molar-refractivity contribution is 0.103. The Bertz CT molecular complexity index is 493. The fraction of sp³-hybridized carbons (Fsp3) is 0.588. The van der Waals surface area contributed by atoms with Gasteiger partial charge >= 0.3 is 6.16 Å². The third-order valence-electron chi connectivity index (χ3n) is 4.01. The normalized spacial score (nSPS) is 15.8. The van der Waals surface area contributed by atoms with Crippen LogP contribution in [0.2, 0.25) is 0 Å². The maximum Gasteiger partial charge on any atom is 0.513 e. The summed E-state index contributed by atoms with van der Waals surface area (Å²) in [6.45, 7) is 4.10. The number of hydrogen-bond acceptors (Lipinski definition) is 4. The third-order valence-corrected chi connectivity index (χ3v) is 4.75. The second-order valence-corrected chi connectivity index (χ2v) is 6.34. The summed E-state index contributed by atoms with van der Waals surface area (Å²) < 4.78 is 10.2. The fourth-order valence-corrected chi connectivity index (χ4v) is 3.60. The molecule has 1 aromatic rings. The van der Waals surface area contributed by atoms with E-state index in [4.69, 9.17) is 9.47 Å². The molecule has 0 unspecified atom stereocenters. The summed E-state index contributed by atoms with van der Waals surface area (Å²) in [5.74, 6) is 1.29. The van der Waals surface area contributed by atoms with Crippen LogP contribution in [0, 0.1) is 6.92 Å². The van der Waals surface area contributed by atoms with Gasteiger partial charge in [-0.15, -0.1) is 11.8 Å². The summed E-state index contributed by atoms with van der Waals surface area (Å²) in [4.78, 5) is 12.6. The number of hydrogen-bond donors (Lipinski definition) is 0. The van der Waals surface area contributed by atoms with Crippen molar-refractivity contribution in [3.05, 3.63) is 23.3 Å². The summed E-state index contributed by atoms with van der Waals surface area (Å²) in [6.07, 6.45) is 7.92. The van der Waals surface area contributed by atoms with Gasteiger partial charge in [0, 0.05) is 0 Å². The van der Waals surface area contributed by atoms with E-state index in [1.54, 1.807) is 18.7 Å². The molecule has 2 rings (SSSR count). The van der Waals surface area contributed by atoms with Crippen LogP contribution in [0.4, 0.5) is 4.79 Å². The molecule has 0 aliphatic heterocycles. The molecule has 0 heterocycles. The first-order valence-electron chi connectivity index (χ1n) is 7.68. The Hall–Kier alpha value is -1.16. The zero-order valence-electron chi connectivity index (χ0n) is 13.1. The van der Waals surface area contributed by atoms with Crippen molar-refractivity contribution in [2.75, 3.05) is 12.9 Å². The standard InChI is InChI=1S/C17H24O3S/c1-4-19-17(18)20-16-12(2)10-14(11-15(16)21-3)13-8-6-5-7-9-13/h10-11,13H,4-9H2,1-3H3. The molecule has 0 bridgehead atoms. The lowest BCUT2D eigenvalue weighted by Crippen LogP contribution is -2.12. The second kappa shape index (κ2) is 7.74. The van der Waals surface area contributed by atoms with E-state index in [9.17, 15) is 4.79 Å². The van der Waals surface area contributed by atoms with Crippen molar-refractivity contribution >= 4 is 17.9 Å². The topological polar surface area (TPSA) is 35.5 Å². The van der Waals surface area contributed by atoms with Gasteiger partial charge in [0.05, 0.1) is 11.5 Å². The molecule has 1 aliphatic rings. The Balaban J connectivity index is 2.24. The molecular weight excluding hydrogens is 284 g/mol. The first kappa shape index (κ1) is 16.2. The van der Waals surface area contributed by atoms with Crippen LogP contribution >= 0.6 is 11.8 Å². The van der Waals surface area contributed by atoms with Gasteiger partial charge in [-0.1, -0.05) is 25.3 Å². The highest BCUT2D eigenvalue weighted by Crippen LogP contribution is 2.39. The number of benzene rings is 1. The smallest absolute Gasteiger partial charge is 0.434 e. The van der Waals surface area contributed by atoms with Gasteiger partial charge in [-0.2, -0.15) is 0 Å². The molecular formula is C17H24O3S. The number of thioether (sulfide) groups is 1. The van der Waals surface area contributed by atoms with E-state index in [2.05, 4.69) is 12.1 Å². The van der Waals surface area contributed by atoms with Crippen LogP contribution < -0.4 is 4.74 Å². The van der Waals surface area contributed by atoms with E-state index in [0.29, 0.717) is 18.3 Å². The SMILES string of the molecule is CCOC(=O)Oc1c(C)cc(C2CCCCC2)cc1SC. The van der Waals surface area contributed by atoms with Gasteiger partial charge in [-0.05, 0) is 56.1 Å². The van der Waals surface area contributed by atoms with Crippen LogP contribution in [-0.2, 0) is 4.74 Å². The molecule has 116 valence electrons. The Morgan fingerprint density at radius 3 is 2.62 bits per heavy atom. The summed E-state index contributed by atoms with van der Waals surface area (Å²) in [5, 5.41) is 0. The Labute approximate surface area is 131 Å². The molecule has 21 heavy (non-hydrogen) atoms. The molecule has 1 aliphatic carbocycles. The fourth-order valence-electron chi connectivity index (χ4n) is 2.95. The van der Waals surface area contributed by atoms with Crippen LogP contribution in [0.5, 0.6) is 5.75 Å². The summed E-state index contributed by atoms with van der Waals surface area (Å²) >= 11 is 1.62. The number of carbonyl (C=O) groups is 1. The van der Waals surface area contributed by atoms with Crippen LogP contribution in [0.25, 0.3) is 0 Å². The molecule has 0 atom stereocenters. The largest absolute Gasteiger partial charge is 0.513 e. The summed E-state index contributed by atoms with van der Waals surface area (Å²) in [7, 11) is 0. The van der Waals surface area contributed by atoms with E-state index in [-0.39, 0.29) is 0 Å². The Morgan fingerprint density at radius 2 is 2.00 bits per heavy atom. The van der Waals surface area contributed by atoms with Gasteiger partial charge in [0.2, 0.25) is 0 Å². The molecule has 3 nitrogen and oxygen atoms in total. The highest BCUT2D eigenvalue weighted by atomic mass is 32.2. The molecule has 0 N–H and O–H groups in total. The van der Waals surface area contributed by atoms with Gasteiger partial charge in [-0.3, -0.25) is 0 Å². The molecule has 0 amide bonds. The molecule has 4 heteroatoms. The van der Waals surface area contributed by atoms with Gasteiger partial charge < -0.3 is 9.47 Å². The van der Waals surface area contributed by atoms with Crippen LogP contribution in [0.15, 0.2) is 17.0 Å². The highest BCUT2D eigenvalue weighted by Gasteiger charge is 2.20. The highest BCUT2D eigenvalue weighted by molar-refractivity contribution is 7.98. The first-order chi connectivity index (χ1) is 10.2. The molecule has 0 radical (unpaired) electrons. The predicted molar refractivity (Wildman–Crippen MR) is 86.4 cm³/mol. The van der Waals surface area contributed by atoms with Crippen LogP contribution in [-0.4, -0.2) is 19.0 Å².